The maximum absolute atomic E-state index is 14.2. The van der Waals surface area contributed by atoms with Crippen LogP contribution in [0.2, 0.25) is 0 Å². The van der Waals surface area contributed by atoms with Gasteiger partial charge in [-0.1, -0.05) is 6.07 Å². The molecule has 174 valence electrons. The minimum absolute atomic E-state index is 0.0604. The van der Waals surface area contributed by atoms with Gasteiger partial charge in [0.25, 0.3) is 5.91 Å². The lowest BCUT2D eigenvalue weighted by Crippen LogP contribution is -2.33. The molecule has 0 atom stereocenters. The first kappa shape index (κ1) is 25.1. The number of hydrogen-bond acceptors (Lipinski definition) is 6. The number of nitrogens with one attached hydrogen (secondary N) is 3. The Bertz CT molecular complexity index is 1090. The van der Waals surface area contributed by atoms with E-state index in [2.05, 4.69) is 16.0 Å². The van der Waals surface area contributed by atoms with Crippen LogP contribution in [0.3, 0.4) is 0 Å². The molecule has 32 heavy (non-hydrogen) atoms. The maximum Gasteiger partial charge on any atom is 0.251 e. The number of anilines is 1. The molecular weight excluding hydrogens is 439 g/mol. The molecule has 9 nitrogen and oxygen atoms in total. The van der Waals surface area contributed by atoms with Crippen molar-refractivity contribution in [1.29, 1.82) is 0 Å². The van der Waals surface area contributed by atoms with Crippen molar-refractivity contribution in [3.8, 4) is 5.75 Å². The highest BCUT2D eigenvalue weighted by Gasteiger charge is 2.20. The van der Waals surface area contributed by atoms with E-state index in [1.165, 1.54) is 52.4 Å². The summed E-state index contributed by atoms with van der Waals surface area (Å²) in [6, 6.07) is 8.53. The minimum atomic E-state index is -3.83. The van der Waals surface area contributed by atoms with E-state index in [-0.39, 0.29) is 36.0 Å². The van der Waals surface area contributed by atoms with Gasteiger partial charge in [-0.25, -0.2) is 17.1 Å². The van der Waals surface area contributed by atoms with Crippen LogP contribution in [-0.2, 0) is 21.4 Å². The first-order valence-electron chi connectivity index (χ1n) is 9.71. The Morgan fingerprint density at radius 1 is 1.06 bits per heavy atom. The summed E-state index contributed by atoms with van der Waals surface area (Å²) in [6.45, 7) is 1.83. The summed E-state index contributed by atoms with van der Waals surface area (Å²) in [5.74, 6) is -0.839. The molecule has 0 saturated heterocycles. The number of methoxy groups -OCH3 is 1. The summed E-state index contributed by atoms with van der Waals surface area (Å²) in [5, 5.41) is 8.14. The SMILES string of the molecule is COc1ccc(CNc2cc(C(=O)NCCNC(C)=O)cc(S(=O)(=O)N(C)C)c2)c(F)c1. The first-order chi connectivity index (χ1) is 15.0. The summed E-state index contributed by atoms with van der Waals surface area (Å²) in [5.41, 5.74) is 0.775. The number of hydrogen-bond donors (Lipinski definition) is 3. The van der Waals surface area contributed by atoms with Gasteiger partial charge < -0.3 is 20.7 Å². The average molecular weight is 467 g/mol. The Morgan fingerprint density at radius 3 is 2.34 bits per heavy atom. The van der Waals surface area contributed by atoms with Gasteiger partial charge in [-0.05, 0) is 24.3 Å². The summed E-state index contributed by atoms with van der Waals surface area (Å²) < 4.78 is 45.5. The van der Waals surface area contributed by atoms with Gasteiger partial charge in [0, 0.05) is 63.5 Å². The molecule has 0 aliphatic heterocycles. The molecule has 2 aromatic rings. The van der Waals surface area contributed by atoms with Crippen LogP contribution in [0.4, 0.5) is 10.1 Å². The zero-order valence-electron chi connectivity index (χ0n) is 18.4. The lowest BCUT2D eigenvalue weighted by atomic mass is 10.1. The van der Waals surface area contributed by atoms with E-state index in [9.17, 15) is 22.4 Å². The highest BCUT2D eigenvalue weighted by molar-refractivity contribution is 7.89. The van der Waals surface area contributed by atoms with Gasteiger partial charge in [0.15, 0.2) is 0 Å². The quantitative estimate of drug-likeness (QED) is 0.458. The zero-order valence-corrected chi connectivity index (χ0v) is 19.2. The van der Waals surface area contributed by atoms with Crippen molar-refractivity contribution in [3.63, 3.8) is 0 Å². The Labute approximate surface area is 187 Å². The number of amides is 2. The van der Waals surface area contributed by atoms with Crippen molar-refractivity contribution >= 4 is 27.5 Å². The Morgan fingerprint density at radius 2 is 1.75 bits per heavy atom. The molecule has 0 heterocycles. The van der Waals surface area contributed by atoms with E-state index in [1.807, 2.05) is 0 Å². The number of sulfonamides is 1. The smallest absolute Gasteiger partial charge is 0.251 e. The number of halogens is 1. The summed E-state index contributed by atoms with van der Waals surface area (Å²) >= 11 is 0. The molecule has 0 aliphatic carbocycles. The number of carbonyl (C=O) groups is 2. The van der Waals surface area contributed by atoms with Crippen molar-refractivity contribution < 1.29 is 27.1 Å². The Balaban J connectivity index is 2.28. The second kappa shape index (κ2) is 10.9. The Hall–Kier alpha value is -3.18. The fraction of sp³-hybridized carbons (Fsp3) is 0.333. The van der Waals surface area contributed by atoms with Gasteiger partial charge in [-0.2, -0.15) is 0 Å². The van der Waals surface area contributed by atoms with Crippen LogP contribution in [0.5, 0.6) is 5.75 Å². The largest absolute Gasteiger partial charge is 0.497 e. The van der Waals surface area contributed by atoms with Gasteiger partial charge in [0.1, 0.15) is 11.6 Å². The van der Waals surface area contributed by atoms with E-state index in [0.717, 1.165) is 4.31 Å². The van der Waals surface area contributed by atoms with Crippen LogP contribution in [0.1, 0.15) is 22.8 Å². The van der Waals surface area contributed by atoms with E-state index in [4.69, 9.17) is 4.74 Å². The molecule has 0 aliphatic rings. The molecule has 0 aromatic heterocycles. The van der Waals surface area contributed by atoms with Crippen molar-refractivity contribution in [2.75, 3.05) is 39.6 Å². The second-order valence-electron chi connectivity index (χ2n) is 7.08. The third-order valence-electron chi connectivity index (χ3n) is 4.47. The van der Waals surface area contributed by atoms with Gasteiger partial charge >= 0.3 is 0 Å². The van der Waals surface area contributed by atoms with Crippen LogP contribution in [0.25, 0.3) is 0 Å². The number of rotatable bonds is 10. The number of nitrogens with zero attached hydrogens (tertiary/aromatic N) is 1. The van der Waals surface area contributed by atoms with E-state index in [1.54, 1.807) is 12.1 Å². The molecule has 0 saturated carbocycles. The molecular formula is C21H27FN4O5S. The normalized spacial score (nSPS) is 11.2. The molecule has 0 unspecified atom stereocenters. The van der Waals surface area contributed by atoms with E-state index in [0.29, 0.717) is 17.0 Å². The molecule has 2 rings (SSSR count). The fourth-order valence-electron chi connectivity index (χ4n) is 2.70. The first-order valence-corrected chi connectivity index (χ1v) is 11.1. The molecule has 11 heteroatoms. The van der Waals surface area contributed by atoms with Gasteiger partial charge in [-0.3, -0.25) is 9.59 Å². The van der Waals surface area contributed by atoms with Gasteiger partial charge in [0.2, 0.25) is 15.9 Å². The van der Waals surface area contributed by atoms with Gasteiger partial charge in [-0.15, -0.1) is 0 Å². The lowest BCUT2D eigenvalue weighted by Gasteiger charge is -2.16. The van der Waals surface area contributed by atoms with Crippen molar-refractivity contribution in [2.45, 2.75) is 18.4 Å². The predicted octanol–water partition coefficient (Wildman–Crippen LogP) is 1.56. The van der Waals surface area contributed by atoms with Crippen LogP contribution < -0.4 is 20.7 Å². The van der Waals surface area contributed by atoms with Crippen molar-refractivity contribution in [1.82, 2.24) is 14.9 Å². The molecule has 2 aromatic carbocycles. The molecule has 2 amide bonds. The zero-order chi connectivity index (χ0) is 23.9. The van der Waals surface area contributed by atoms with Crippen molar-refractivity contribution in [2.24, 2.45) is 0 Å². The third kappa shape index (κ3) is 6.66. The monoisotopic (exact) mass is 466 g/mol. The molecule has 0 bridgehead atoms. The highest BCUT2D eigenvalue weighted by Crippen LogP contribution is 2.23. The summed E-state index contributed by atoms with van der Waals surface area (Å²) in [7, 11) is 0.379. The Kier molecular flexibility index (Phi) is 8.56. The summed E-state index contributed by atoms with van der Waals surface area (Å²) in [4.78, 5) is 23.4. The topological polar surface area (TPSA) is 117 Å². The second-order valence-corrected chi connectivity index (χ2v) is 9.24. The standard InChI is InChI=1S/C21H27FN4O5S/c1-14(27)23-7-8-24-21(28)16-9-17(11-19(10-16)32(29,30)26(2)3)25-13-15-5-6-18(31-4)12-20(15)22/h5-6,9-12,25H,7-8,13H2,1-4H3,(H,23,27)(H,24,28). The van der Waals surface area contributed by atoms with E-state index < -0.39 is 21.7 Å². The summed E-state index contributed by atoms with van der Waals surface area (Å²) in [6.07, 6.45) is 0. The molecule has 3 N–H and O–H groups in total. The van der Waals surface area contributed by atoms with Crippen molar-refractivity contribution in [3.05, 3.63) is 53.3 Å². The third-order valence-corrected chi connectivity index (χ3v) is 6.27. The highest BCUT2D eigenvalue weighted by atomic mass is 32.2. The molecule has 0 spiro atoms. The van der Waals surface area contributed by atoms with Crippen LogP contribution in [0.15, 0.2) is 41.3 Å². The maximum atomic E-state index is 14.2. The fourth-order valence-corrected chi connectivity index (χ4v) is 3.68. The number of benzene rings is 2. The predicted molar refractivity (Wildman–Crippen MR) is 119 cm³/mol. The lowest BCUT2D eigenvalue weighted by molar-refractivity contribution is -0.118. The van der Waals surface area contributed by atoms with E-state index >= 15 is 0 Å². The number of ether oxygens (including phenoxy) is 1. The number of carbonyl (C=O) groups excluding carboxylic acids is 2. The average Bonchev–Trinajstić information content (AvgIpc) is 2.75. The minimum Gasteiger partial charge on any atom is -0.497 e. The molecule has 0 radical (unpaired) electrons. The molecule has 0 fully saturated rings. The van der Waals surface area contributed by atoms with Crippen LogP contribution in [0, 0.1) is 5.82 Å². The van der Waals surface area contributed by atoms with Gasteiger partial charge in [0.05, 0.1) is 12.0 Å². The van der Waals surface area contributed by atoms with Crippen LogP contribution in [-0.4, -0.2) is 58.8 Å². The van der Waals surface area contributed by atoms with Crippen LogP contribution >= 0.6 is 0 Å².